The molecule has 0 bridgehead atoms. The quantitative estimate of drug-likeness (QED) is 0.808. The smallest absolute Gasteiger partial charge is 0.324 e. The first-order chi connectivity index (χ1) is 7.71. The van der Waals surface area contributed by atoms with Crippen LogP contribution in [0.2, 0.25) is 5.02 Å². The van der Waals surface area contributed by atoms with Crippen molar-refractivity contribution in [1.29, 1.82) is 0 Å². The van der Waals surface area contributed by atoms with Crippen LogP contribution < -0.4 is 5.73 Å². The van der Waals surface area contributed by atoms with Crippen LogP contribution >= 0.6 is 11.6 Å². The lowest BCUT2D eigenvalue weighted by molar-refractivity contribution is -0.137. The van der Waals surface area contributed by atoms with E-state index in [1.165, 1.54) is 6.07 Å². The summed E-state index contributed by atoms with van der Waals surface area (Å²) in [4.78, 5) is 0. The predicted octanol–water partition coefficient (Wildman–Crippen LogP) is 4.32. The van der Waals surface area contributed by atoms with E-state index in [9.17, 15) is 13.2 Å². The van der Waals surface area contributed by atoms with Gasteiger partial charge >= 0.3 is 6.18 Å². The van der Waals surface area contributed by atoms with E-state index in [4.69, 9.17) is 17.3 Å². The Balaban J connectivity index is 3.10. The molecule has 0 aliphatic carbocycles. The first-order valence-corrected chi connectivity index (χ1v) is 5.36. The molecule has 1 nitrogen and oxygen atoms in total. The van der Waals surface area contributed by atoms with Gasteiger partial charge in [0.2, 0.25) is 0 Å². The topological polar surface area (TPSA) is 26.0 Å². The van der Waals surface area contributed by atoms with Gasteiger partial charge in [-0.1, -0.05) is 17.2 Å². The molecular weight excluding hydrogens is 251 g/mol. The minimum absolute atomic E-state index is 0.242. The molecule has 5 heteroatoms. The highest BCUT2D eigenvalue weighted by Crippen LogP contribution is 2.34. The van der Waals surface area contributed by atoms with E-state index in [2.05, 4.69) is 6.58 Å². The summed E-state index contributed by atoms with van der Waals surface area (Å²) in [5, 5.41) is 0.242. The highest BCUT2D eigenvalue weighted by molar-refractivity contribution is 6.31. The molecule has 0 amide bonds. The first kappa shape index (κ1) is 14.1. The van der Waals surface area contributed by atoms with Gasteiger partial charge in [-0.05, 0) is 37.1 Å². The average Bonchev–Trinajstić information content (AvgIpc) is 2.15. The van der Waals surface area contributed by atoms with Crippen LogP contribution in [0.1, 0.15) is 30.5 Å². The van der Waals surface area contributed by atoms with E-state index in [1.54, 1.807) is 6.92 Å². The van der Waals surface area contributed by atoms with E-state index < -0.39 is 17.8 Å². The second-order valence-electron chi connectivity index (χ2n) is 4.00. The molecule has 1 rings (SSSR count). The van der Waals surface area contributed by atoms with Gasteiger partial charge in [-0.3, -0.25) is 0 Å². The Kier molecular flexibility index (Phi) is 4.22. The fourth-order valence-electron chi connectivity index (χ4n) is 1.49. The third-order valence-corrected chi connectivity index (χ3v) is 2.64. The molecule has 94 valence electrons. The molecule has 0 aromatic heterocycles. The van der Waals surface area contributed by atoms with Crippen LogP contribution in [-0.4, -0.2) is 0 Å². The molecule has 1 aromatic rings. The van der Waals surface area contributed by atoms with E-state index >= 15 is 0 Å². The molecule has 1 aromatic carbocycles. The van der Waals surface area contributed by atoms with Crippen molar-refractivity contribution in [3.63, 3.8) is 0 Å². The van der Waals surface area contributed by atoms with Gasteiger partial charge in [-0.2, -0.15) is 13.2 Å². The van der Waals surface area contributed by atoms with Crippen molar-refractivity contribution in [2.24, 2.45) is 5.73 Å². The lowest BCUT2D eigenvalue weighted by Gasteiger charge is -2.16. The lowest BCUT2D eigenvalue weighted by Crippen LogP contribution is -2.13. The molecule has 0 unspecified atom stereocenters. The van der Waals surface area contributed by atoms with E-state index in [0.29, 0.717) is 12.0 Å². The molecule has 0 spiro atoms. The lowest BCUT2D eigenvalue weighted by atomic mass is 9.99. The van der Waals surface area contributed by atoms with Crippen molar-refractivity contribution in [3.05, 3.63) is 46.5 Å². The summed E-state index contributed by atoms with van der Waals surface area (Å²) in [6.45, 7) is 5.44. The Labute approximate surface area is 103 Å². The van der Waals surface area contributed by atoms with E-state index in [1.807, 2.05) is 0 Å². The molecule has 0 fully saturated rings. The Hall–Kier alpha value is -1.00. The van der Waals surface area contributed by atoms with E-state index in [0.717, 1.165) is 17.7 Å². The number of hydrogen-bond acceptors (Lipinski definition) is 1. The van der Waals surface area contributed by atoms with Gasteiger partial charge in [-0.25, -0.2) is 0 Å². The number of halogens is 4. The Morgan fingerprint density at radius 1 is 1.47 bits per heavy atom. The Bertz CT molecular complexity index is 426. The van der Waals surface area contributed by atoms with Crippen LogP contribution in [0.3, 0.4) is 0 Å². The zero-order valence-corrected chi connectivity index (χ0v) is 10.1. The number of rotatable bonds is 3. The third kappa shape index (κ3) is 3.75. The third-order valence-electron chi connectivity index (χ3n) is 2.29. The number of hydrogen-bond donors (Lipinski definition) is 1. The van der Waals surface area contributed by atoms with Crippen LogP contribution in [0.4, 0.5) is 13.2 Å². The summed E-state index contributed by atoms with van der Waals surface area (Å²) >= 11 is 5.85. The Morgan fingerprint density at radius 3 is 2.53 bits per heavy atom. The number of alkyl halides is 3. The number of nitrogens with two attached hydrogens (primary N) is 1. The molecule has 0 heterocycles. The molecule has 0 aliphatic heterocycles. The zero-order chi connectivity index (χ0) is 13.2. The summed E-state index contributed by atoms with van der Waals surface area (Å²) in [7, 11) is 0. The molecule has 1 atom stereocenters. The summed E-state index contributed by atoms with van der Waals surface area (Å²) in [5.74, 6) is 0. The second kappa shape index (κ2) is 5.10. The van der Waals surface area contributed by atoms with Crippen LogP contribution in [-0.2, 0) is 6.18 Å². The highest BCUT2D eigenvalue weighted by atomic mass is 35.5. The van der Waals surface area contributed by atoms with Gasteiger partial charge in [0.15, 0.2) is 0 Å². The summed E-state index contributed by atoms with van der Waals surface area (Å²) in [6.07, 6.45) is -3.98. The minimum Gasteiger partial charge on any atom is -0.324 e. The van der Waals surface area contributed by atoms with Crippen molar-refractivity contribution >= 4 is 11.6 Å². The summed E-state index contributed by atoms with van der Waals surface area (Å²) in [6, 6.07) is 2.59. The van der Waals surface area contributed by atoms with Gasteiger partial charge in [0.05, 0.1) is 5.56 Å². The molecule has 0 aliphatic rings. The van der Waals surface area contributed by atoms with Gasteiger partial charge in [-0.15, -0.1) is 6.58 Å². The van der Waals surface area contributed by atoms with Crippen molar-refractivity contribution in [3.8, 4) is 0 Å². The van der Waals surface area contributed by atoms with Crippen molar-refractivity contribution in [2.45, 2.75) is 25.6 Å². The summed E-state index contributed by atoms with van der Waals surface area (Å²) in [5.41, 5.74) is 6.15. The zero-order valence-electron chi connectivity index (χ0n) is 9.31. The Morgan fingerprint density at radius 2 is 2.06 bits per heavy atom. The molecule has 0 radical (unpaired) electrons. The van der Waals surface area contributed by atoms with Crippen LogP contribution in [0.15, 0.2) is 30.4 Å². The maximum atomic E-state index is 12.5. The number of benzene rings is 1. The SMILES string of the molecule is C=C(C)C[C@H](N)c1cc(C(F)(F)F)ccc1Cl. The fourth-order valence-corrected chi connectivity index (χ4v) is 1.75. The normalized spacial score (nSPS) is 13.5. The average molecular weight is 264 g/mol. The predicted molar refractivity (Wildman–Crippen MR) is 62.8 cm³/mol. The maximum absolute atomic E-state index is 12.5. The van der Waals surface area contributed by atoms with Gasteiger partial charge in [0.25, 0.3) is 0 Å². The molecule has 17 heavy (non-hydrogen) atoms. The van der Waals surface area contributed by atoms with Crippen LogP contribution in [0.25, 0.3) is 0 Å². The monoisotopic (exact) mass is 263 g/mol. The minimum atomic E-state index is -4.39. The first-order valence-electron chi connectivity index (χ1n) is 4.98. The van der Waals surface area contributed by atoms with E-state index in [-0.39, 0.29) is 5.02 Å². The van der Waals surface area contributed by atoms with Crippen LogP contribution in [0, 0.1) is 0 Å². The van der Waals surface area contributed by atoms with Crippen molar-refractivity contribution in [2.75, 3.05) is 0 Å². The molecule has 0 saturated carbocycles. The fraction of sp³-hybridized carbons (Fsp3) is 0.333. The second-order valence-corrected chi connectivity index (χ2v) is 4.41. The molecule has 0 saturated heterocycles. The van der Waals surface area contributed by atoms with Crippen molar-refractivity contribution < 1.29 is 13.2 Å². The molecular formula is C12H13ClF3N. The largest absolute Gasteiger partial charge is 0.416 e. The summed E-state index contributed by atoms with van der Waals surface area (Å²) < 4.78 is 37.6. The highest BCUT2D eigenvalue weighted by Gasteiger charge is 2.31. The maximum Gasteiger partial charge on any atom is 0.416 e. The van der Waals surface area contributed by atoms with Crippen molar-refractivity contribution in [1.82, 2.24) is 0 Å². The van der Waals surface area contributed by atoms with Crippen LogP contribution in [0.5, 0.6) is 0 Å². The standard InChI is InChI=1S/C12H13ClF3N/c1-7(2)5-11(17)9-6-8(12(14,15)16)3-4-10(9)13/h3-4,6,11H,1,5,17H2,2H3/t11-/m0/s1. The molecule has 2 N–H and O–H groups in total. The van der Waals surface area contributed by atoms with Gasteiger partial charge < -0.3 is 5.73 Å². The van der Waals surface area contributed by atoms with Gasteiger partial charge in [0, 0.05) is 11.1 Å². The van der Waals surface area contributed by atoms with Gasteiger partial charge in [0.1, 0.15) is 0 Å².